The minimum Gasteiger partial charge on any atom is -0.343 e. The second-order valence-corrected chi connectivity index (χ2v) is 7.64. The third-order valence-corrected chi connectivity index (χ3v) is 4.43. The minimum absolute atomic E-state index is 0.263. The molecule has 2 atom stereocenters. The van der Waals surface area contributed by atoms with Gasteiger partial charge in [-0.3, -0.25) is 14.4 Å². The van der Waals surface area contributed by atoms with Gasteiger partial charge < -0.3 is 20.7 Å². The summed E-state index contributed by atoms with van der Waals surface area (Å²) in [5.74, 6) is -1.37. The highest BCUT2D eigenvalue weighted by atomic mass is 16.2. The highest BCUT2D eigenvalue weighted by molar-refractivity contribution is 5.98. The monoisotopic (exact) mass is 409 g/mol. The molecule has 0 bridgehead atoms. The molecule has 2 aromatic rings. The smallest absolute Gasteiger partial charge is 0.251 e. The quantitative estimate of drug-likeness (QED) is 0.548. The van der Waals surface area contributed by atoms with Crippen molar-refractivity contribution in [3.8, 4) is 0 Å². The van der Waals surface area contributed by atoms with Crippen LogP contribution in [-0.4, -0.2) is 41.6 Å². The van der Waals surface area contributed by atoms with Crippen LogP contribution in [0.15, 0.2) is 60.7 Å². The van der Waals surface area contributed by atoms with Gasteiger partial charge in [-0.1, -0.05) is 48.5 Å². The van der Waals surface area contributed by atoms with Gasteiger partial charge >= 0.3 is 0 Å². The fourth-order valence-electron chi connectivity index (χ4n) is 2.72. The van der Waals surface area contributed by atoms with Gasteiger partial charge in [0.1, 0.15) is 18.4 Å². The lowest BCUT2D eigenvalue weighted by molar-refractivity contribution is -0.131. The Hall–Kier alpha value is -3.48. The molecule has 0 aliphatic carbocycles. The molecule has 7 nitrogen and oxygen atoms in total. The molecule has 3 amide bonds. The predicted octanol–water partition coefficient (Wildman–Crippen LogP) is 1.63. The van der Waals surface area contributed by atoms with Crippen molar-refractivity contribution in [2.75, 3.05) is 0 Å². The number of carbonyl (C=O) groups is 4. The van der Waals surface area contributed by atoms with Crippen LogP contribution < -0.4 is 16.0 Å². The molecule has 0 fully saturated rings. The minimum atomic E-state index is -1.04. The second-order valence-electron chi connectivity index (χ2n) is 7.64. The van der Waals surface area contributed by atoms with Gasteiger partial charge in [0, 0.05) is 12.0 Å². The molecular formula is C23H27N3O4. The van der Waals surface area contributed by atoms with E-state index in [1.54, 1.807) is 44.2 Å². The molecule has 0 unspecified atom stereocenters. The SMILES string of the molecule is C[C@H](NC(=O)[C@@H](Cc1ccccc1)NC(=O)c1ccccc1)C(=O)NC(C)(C)C=O. The molecule has 0 aliphatic rings. The normalized spacial score (nSPS) is 12.9. The summed E-state index contributed by atoms with van der Waals surface area (Å²) in [5.41, 5.74) is 0.258. The Balaban J connectivity index is 2.12. The Morgan fingerprint density at radius 3 is 2.03 bits per heavy atom. The average molecular weight is 409 g/mol. The Morgan fingerprint density at radius 2 is 1.47 bits per heavy atom. The Kier molecular flexibility index (Phi) is 7.86. The van der Waals surface area contributed by atoms with Crippen molar-refractivity contribution in [2.24, 2.45) is 0 Å². The summed E-state index contributed by atoms with van der Waals surface area (Å²) >= 11 is 0. The van der Waals surface area contributed by atoms with Gasteiger partial charge in [0.05, 0.1) is 5.54 Å². The van der Waals surface area contributed by atoms with Crippen LogP contribution in [0, 0.1) is 0 Å². The first-order valence-corrected chi connectivity index (χ1v) is 9.70. The molecule has 0 saturated heterocycles. The number of hydrogen-bond donors (Lipinski definition) is 3. The lowest BCUT2D eigenvalue weighted by Gasteiger charge is -2.24. The van der Waals surface area contributed by atoms with Crippen LogP contribution in [-0.2, 0) is 20.8 Å². The molecule has 0 radical (unpaired) electrons. The largest absolute Gasteiger partial charge is 0.343 e. The van der Waals surface area contributed by atoms with E-state index in [1.807, 2.05) is 30.3 Å². The first-order valence-electron chi connectivity index (χ1n) is 9.70. The van der Waals surface area contributed by atoms with Gasteiger partial charge in [-0.05, 0) is 38.5 Å². The standard InChI is InChI=1S/C23H27N3O4/c1-16(20(28)26-23(2,3)15-27)24-22(30)19(14-17-10-6-4-7-11-17)25-21(29)18-12-8-5-9-13-18/h4-13,15-16,19H,14H2,1-3H3,(H,24,30)(H,25,29)(H,26,28)/t16-,19+/m0/s1. The Labute approximate surface area is 176 Å². The lowest BCUT2D eigenvalue weighted by Crippen LogP contribution is -2.56. The summed E-state index contributed by atoms with van der Waals surface area (Å²) in [6.45, 7) is 4.64. The van der Waals surface area contributed by atoms with Crippen molar-refractivity contribution in [3.05, 3.63) is 71.8 Å². The highest BCUT2D eigenvalue weighted by Gasteiger charge is 2.27. The van der Waals surface area contributed by atoms with E-state index >= 15 is 0 Å². The lowest BCUT2D eigenvalue weighted by atomic mass is 10.0. The summed E-state index contributed by atoms with van der Waals surface area (Å²) in [4.78, 5) is 48.8. The third kappa shape index (κ3) is 6.84. The summed E-state index contributed by atoms with van der Waals surface area (Å²) in [6.07, 6.45) is 0.886. The van der Waals surface area contributed by atoms with Crippen LogP contribution >= 0.6 is 0 Å². The molecule has 158 valence electrons. The van der Waals surface area contributed by atoms with Gasteiger partial charge in [-0.25, -0.2) is 0 Å². The molecule has 0 spiro atoms. The van der Waals surface area contributed by atoms with Crippen LogP contribution in [0.3, 0.4) is 0 Å². The van der Waals surface area contributed by atoms with E-state index in [0.29, 0.717) is 11.8 Å². The first-order chi connectivity index (χ1) is 14.2. The fourth-order valence-corrected chi connectivity index (χ4v) is 2.72. The van der Waals surface area contributed by atoms with Gasteiger partial charge in [0.15, 0.2) is 0 Å². The zero-order chi connectivity index (χ0) is 22.1. The summed E-state index contributed by atoms with van der Waals surface area (Å²) < 4.78 is 0. The van der Waals surface area contributed by atoms with E-state index in [-0.39, 0.29) is 12.3 Å². The molecule has 30 heavy (non-hydrogen) atoms. The van der Waals surface area contributed by atoms with E-state index in [0.717, 1.165) is 5.56 Å². The third-order valence-electron chi connectivity index (χ3n) is 4.43. The van der Waals surface area contributed by atoms with Crippen molar-refractivity contribution in [1.29, 1.82) is 0 Å². The van der Waals surface area contributed by atoms with Crippen LogP contribution in [0.4, 0.5) is 0 Å². The van der Waals surface area contributed by atoms with Gasteiger partial charge in [-0.15, -0.1) is 0 Å². The van der Waals surface area contributed by atoms with Crippen LogP contribution in [0.2, 0.25) is 0 Å². The van der Waals surface area contributed by atoms with E-state index in [4.69, 9.17) is 0 Å². The Bertz CT molecular complexity index is 882. The maximum Gasteiger partial charge on any atom is 0.251 e. The Morgan fingerprint density at radius 1 is 0.900 bits per heavy atom. The maximum absolute atomic E-state index is 12.9. The van der Waals surface area contributed by atoms with Gasteiger partial charge in [0.25, 0.3) is 5.91 Å². The zero-order valence-electron chi connectivity index (χ0n) is 17.3. The van der Waals surface area contributed by atoms with Crippen molar-refractivity contribution in [1.82, 2.24) is 16.0 Å². The number of benzene rings is 2. The summed E-state index contributed by atoms with van der Waals surface area (Å²) in [6, 6.07) is 16.1. The van der Waals surface area contributed by atoms with Crippen molar-refractivity contribution >= 4 is 24.0 Å². The van der Waals surface area contributed by atoms with Crippen molar-refractivity contribution in [3.63, 3.8) is 0 Å². The molecule has 0 aliphatic heterocycles. The molecule has 7 heteroatoms. The molecule has 0 saturated carbocycles. The van der Waals surface area contributed by atoms with E-state index in [1.165, 1.54) is 6.92 Å². The number of amides is 3. The molecule has 2 rings (SSSR count). The number of hydrogen-bond acceptors (Lipinski definition) is 4. The summed E-state index contributed by atoms with van der Waals surface area (Å²) in [5, 5.41) is 7.93. The van der Waals surface area contributed by atoms with Crippen molar-refractivity contribution < 1.29 is 19.2 Å². The maximum atomic E-state index is 12.9. The molecule has 3 N–H and O–H groups in total. The number of nitrogens with one attached hydrogen (secondary N) is 3. The van der Waals surface area contributed by atoms with Crippen molar-refractivity contribution in [2.45, 2.75) is 44.8 Å². The van der Waals surface area contributed by atoms with Crippen LogP contribution in [0.1, 0.15) is 36.7 Å². The summed E-state index contributed by atoms with van der Waals surface area (Å²) in [7, 11) is 0. The average Bonchev–Trinajstić information content (AvgIpc) is 2.74. The molecular weight excluding hydrogens is 382 g/mol. The van der Waals surface area contributed by atoms with Crippen LogP contribution in [0.5, 0.6) is 0 Å². The fraction of sp³-hybridized carbons (Fsp3) is 0.304. The molecule has 0 heterocycles. The molecule has 0 aromatic heterocycles. The number of aldehydes is 1. The van der Waals surface area contributed by atoms with E-state index < -0.39 is 29.4 Å². The van der Waals surface area contributed by atoms with Gasteiger partial charge in [-0.2, -0.15) is 0 Å². The highest BCUT2D eigenvalue weighted by Crippen LogP contribution is 2.06. The predicted molar refractivity (Wildman–Crippen MR) is 114 cm³/mol. The van der Waals surface area contributed by atoms with E-state index in [2.05, 4.69) is 16.0 Å². The van der Waals surface area contributed by atoms with E-state index in [9.17, 15) is 19.2 Å². The topological polar surface area (TPSA) is 104 Å². The molecule has 2 aromatic carbocycles. The number of rotatable bonds is 9. The van der Waals surface area contributed by atoms with Crippen LogP contribution in [0.25, 0.3) is 0 Å². The first kappa shape index (κ1) is 22.8. The number of carbonyl (C=O) groups excluding carboxylic acids is 4. The second kappa shape index (κ2) is 10.3. The van der Waals surface area contributed by atoms with Gasteiger partial charge in [0.2, 0.25) is 11.8 Å². The zero-order valence-corrected chi connectivity index (χ0v) is 17.3.